The van der Waals surface area contributed by atoms with Gasteiger partial charge < -0.3 is 15.3 Å². The summed E-state index contributed by atoms with van der Waals surface area (Å²) in [5, 5.41) is 11.6. The third-order valence-corrected chi connectivity index (χ3v) is 2.78. The molecule has 0 aromatic rings. The van der Waals surface area contributed by atoms with E-state index in [1.54, 1.807) is 0 Å². The van der Waals surface area contributed by atoms with Crippen LogP contribution in [0, 0.1) is 5.92 Å². The number of hydrogen-bond acceptors (Lipinski definition) is 4. The van der Waals surface area contributed by atoms with E-state index in [0.717, 1.165) is 19.0 Å². The summed E-state index contributed by atoms with van der Waals surface area (Å²) in [6.45, 7) is 4.15. The number of carbonyl (C=O) groups excluding carboxylic acids is 1. The van der Waals surface area contributed by atoms with Gasteiger partial charge in [-0.05, 0) is 19.4 Å². The minimum Gasteiger partial charge on any atom is -0.389 e. The first kappa shape index (κ1) is 11.6. The zero-order valence-electron chi connectivity index (χ0n) is 8.99. The van der Waals surface area contributed by atoms with E-state index in [9.17, 15) is 4.79 Å². The average molecular weight is 200 g/mol. The molecule has 4 nitrogen and oxygen atoms in total. The number of aliphatic hydroxyl groups excluding tert-OH is 1. The topological polar surface area (TPSA) is 52.6 Å². The maximum absolute atomic E-state index is 10.8. The third-order valence-electron chi connectivity index (χ3n) is 2.78. The average Bonchev–Trinajstić information content (AvgIpc) is 2.45. The van der Waals surface area contributed by atoms with E-state index < -0.39 is 0 Å². The highest BCUT2D eigenvalue weighted by molar-refractivity contribution is 5.81. The number of Topliss-reactive ketones (excluding diaryl/α,β-unsaturated/α-hetero) is 1. The molecule has 2 N–H and O–H groups in total. The molecule has 1 fully saturated rings. The molecule has 0 amide bonds. The Kier molecular flexibility index (Phi) is 4.51. The van der Waals surface area contributed by atoms with Crippen molar-refractivity contribution in [3.05, 3.63) is 0 Å². The van der Waals surface area contributed by atoms with E-state index in [1.165, 1.54) is 6.42 Å². The maximum Gasteiger partial charge on any atom is 0.171 e. The Bertz CT molecular complexity index is 197. The van der Waals surface area contributed by atoms with Crippen LogP contribution in [0.1, 0.15) is 13.3 Å². The highest BCUT2D eigenvalue weighted by Gasteiger charge is 2.25. The van der Waals surface area contributed by atoms with Gasteiger partial charge in [-0.2, -0.15) is 0 Å². The predicted octanol–water partition coefficient (Wildman–Crippen LogP) is -0.522. The Hall–Kier alpha value is -0.450. The second kappa shape index (κ2) is 5.44. The third kappa shape index (κ3) is 3.36. The van der Waals surface area contributed by atoms with Gasteiger partial charge in [0.05, 0.1) is 6.54 Å². The van der Waals surface area contributed by atoms with Crippen LogP contribution in [-0.2, 0) is 4.79 Å². The first-order chi connectivity index (χ1) is 6.63. The molecule has 1 rings (SSSR count). The molecular formula is C10H20N2O2. The van der Waals surface area contributed by atoms with Crippen LogP contribution in [0.5, 0.6) is 0 Å². The zero-order chi connectivity index (χ0) is 10.6. The molecule has 0 saturated carbocycles. The van der Waals surface area contributed by atoms with Crippen molar-refractivity contribution < 1.29 is 9.90 Å². The lowest BCUT2D eigenvalue weighted by molar-refractivity contribution is -0.120. The van der Waals surface area contributed by atoms with Crippen LogP contribution in [0.3, 0.4) is 0 Å². The largest absolute Gasteiger partial charge is 0.389 e. The van der Waals surface area contributed by atoms with Gasteiger partial charge in [0.2, 0.25) is 0 Å². The number of nitrogens with zero attached hydrogens (tertiary/aromatic N) is 1. The summed E-state index contributed by atoms with van der Waals surface area (Å²) < 4.78 is 0. The predicted molar refractivity (Wildman–Crippen MR) is 55.2 cm³/mol. The molecule has 2 unspecified atom stereocenters. The number of rotatable bonds is 5. The second-order valence-electron chi connectivity index (χ2n) is 4.26. The molecule has 0 aromatic heterocycles. The molecule has 2 atom stereocenters. The number of hydrogen-bond donors (Lipinski definition) is 2. The number of likely N-dealkylation sites (N-methyl/N-ethyl adjacent to an activating group) is 1. The van der Waals surface area contributed by atoms with Crippen LogP contribution in [-0.4, -0.2) is 55.1 Å². The molecule has 0 bridgehead atoms. The van der Waals surface area contributed by atoms with Crippen molar-refractivity contribution in [1.82, 2.24) is 10.2 Å². The minimum atomic E-state index is -0.357. The normalized spacial score (nSPS) is 28.2. The van der Waals surface area contributed by atoms with Crippen molar-refractivity contribution in [2.24, 2.45) is 5.92 Å². The van der Waals surface area contributed by atoms with Crippen LogP contribution in [0.2, 0.25) is 0 Å². The van der Waals surface area contributed by atoms with Crippen molar-refractivity contribution in [2.45, 2.75) is 19.4 Å². The Morgan fingerprint density at radius 3 is 2.86 bits per heavy atom. The first-order valence-electron chi connectivity index (χ1n) is 5.17. The first-order valence-corrected chi connectivity index (χ1v) is 5.17. The SMILES string of the molecule is CC1CC(CNCC(=O)CO)N(C)C1. The maximum atomic E-state index is 10.8. The van der Waals surface area contributed by atoms with E-state index in [4.69, 9.17) is 5.11 Å². The van der Waals surface area contributed by atoms with E-state index in [2.05, 4.69) is 24.2 Å². The monoisotopic (exact) mass is 200 g/mol. The molecule has 82 valence electrons. The van der Waals surface area contributed by atoms with Crippen molar-refractivity contribution >= 4 is 5.78 Å². The number of carbonyl (C=O) groups is 1. The molecular weight excluding hydrogens is 180 g/mol. The van der Waals surface area contributed by atoms with Gasteiger partial charge in [0.15, 0.2) is 5.78 Å². The number of likely N-dealkylation sites (tertiary alicyclic amines) is 1. The number of ketones is 1. The summed E-state index contributed by atoms with van der Waals surface area (Å²) in [6.07, 6.45) is 1.19. The van der Waals surface area contributed by atoms with Crippen LogP contribution < -0.4 is 5.32 Å². The van der Waals surface area contributed by atoms with Crippen LogP contribution in [0.15, 0.2) is 0 Å². The Morgan fingerprint density at radius 1 is 1.64 bits per heavy atom. The summed E-state index contributed by atoms with van der Waals surface area (Å²) in [5.74, 6) is 0.610. The van der Waals surface area contributed by atoms with Crippen LogP contribution in [0.25, 0.3) is 0 Å². The fraction of sp³-hybridized carbons (Fsp3) is 0.900. The van der Waals surface area contributed by atoms with Gasteiger partial charge in [0.1, 0.15) is 6.61 Å². The van der Waals surface area contributed by atoms with Crippen LogP contribution >= 0.6 is 0 Å². The van der Waals surface area contributed by atoms with Crippen molar-refractivity contribution in [3.63, 3.8) is 0 Å². The minimum absolute atomic E-state index is 0.140. The highest BCUT2D eigenvalue weighted by Crippen LogP contribution is 2.19. The summed E-state index contributed by atoms with van der Waals surface area (Å²) in [5.41, 5.74) is 0. The van der Waals surface area contributed by atoms with E-state index >= 15 is 0 Å². The van der Waals surface area contributed by atoms with Crippen molar-refractivity contribution in [3.8, 4) is 0 Å². The molecule has 0 aromatic carbocycles. The fourth-order valence-electron chi connectivity index (χ4n) is 2.03. The van der Waals surface area contributed by atoms with Crippen LogP contribution in [0.4, 0.5) is 0 Å². The summed E-state index contributed by atoms with van der Waals surface area (Å²) in [6, 6.07) is 0.538. The lowest BCUT2D eigenvalue weighted by atomic mass is 10.1. The summed E-state index contributed by atoms with van der Waals surface area (Å²) >= 11 is 0. The van der Waals surface area contributed by atoms with E-state index in [1.807, 2.05) is 0 Å². The van der Waals surface area contributed by atoms with Gasteiger partial charge in [0.25, 0.3) is 0 Å². The van der Waals surface area contributed by atoms with Gasteiger partial charge in [-0.3, -0.25) is 4.79 Å². The number of aliphatic hydroxyl groups is 1. The van der Waals surface area contributed by atoms with Gasteiger partial charge in [-0.25, -0.2) is 0 Å². The lowest BCUT2D eigenvalue weighted by Crippen LogP contribution is -2.37. The molecule has 1 aliphatic heterocycles. The zero-order valence-corrected chi connectivity index (χ0v) is 8.99. The fourth-order valence-corrected chi connectivity index (χ4v) is 2.03. The highest BCUT2D eigenvalue weighted by atomic mass is 16.3. The molecule has 4 heteroatoms. The summed E-state index contributed by atoms with van der Waals surface area (Å²) in [4.78, 5) is 13.1. The lowest BCUT2D eigenvalue weighted by Gasteiger charge is -2.19. The van der Waals surface area contributed by atoms with Gasteiger partial charge in [-0.1, -0.05) is 6.92 Å². The second-order valence-corrected chi connectivity index (χ2v) is 4.26. The van der Waals surface area contributed by atoms with Crippen molar-refractivity contribution in [2.75, 3.05) is 33.3 Å². The quantitative estimate of drug-likeness (QED) is 0.627. The Morgan fingerprint density at radius 2 is 2.36 bits per heavy atom. The van der Waals surface area contributed by atoms with E-state index in [0.29, 0.717) is 6.04 Å². The van der Waals surface area contributed by atoms with Gasteiger partial charge >= 0.3 is 0 Å². The molecule has 0 spiro atoms. The summed E-state index contributed by atoms with van der Waals surface area (Å²) in [7, 11) is 2.11. The Balaban J connectivity index is 2.15. The van der Waals surface area contributed by atoms with Crippen molar-refractivity contribution in [1.29, 1.82) is 0 Å². The van der Waals surface area contributed by atoms with E-state index in [-0.39, 0.29) is 18.9 Å². The molecule has 0 radical (unpaired) electrons. The molecule has 1 aliphatic rings. The molecule has 0 aliphatic carbocycles. The smallest absolute Gasteiger partial charge is 0.171 e. The Labute approximate surface area is 85.3 Å². The molecule has 14 heavy (non-hydrogen) atoms. The number of nitrogens with one attached hydrogen (secondary N) is 1. The molecule has 1 heterocycles. The van der Waals surface area contributed by atoms with Gasteiger partial charge in [0, 0.05) is 19.1 Å². The molecule has 1 saturated heterocycles. The van der Waals surface area contributed by atoms with Gasteiger partial charge in [-0.15, -0.1) is 0 Å². The standard InChI is InChI=1S/C10H20N2O2/c1-8-3-9(12(2)6-8)4-11-5-10(14)7-13/h8-9,11,13H,3-7H2,1-2H3.